The first-order valence-electron chi connectivity index (χ1n) is 5.10. The molecule has 0 unspecified atom stereocenters. The lowest BCUT2D eigenvalue weighted by Gasteiger charge is -2.24. The molecular formula is C12H11Cl4NO. The van der Waals surface area contributed by atoms with Crippen LogP contribution in [0.5, 0.6) is 0 Å². The molecule has 0 aliphatic heterocycles. The maximum absolute atomic E-state index is 11.9. The van der Waals surface area contributed by atoms with Crippen molar-refractivity contribution in [2.24, 2.45) is 0 Å². The van der Waals surface area contributed by atoms with Gasteiger partial charge in [-0.1, -0.05) is 82.8 Å². The molecule has 0 aliphatic rings. The molecule has 0 bridgehead atoms. The number of halogens is 4. The Bertz CT molecular complexity index is 414. The van der Waals surface area contributed by atoms with Gasteiger partial charge in [-0.15, -0.1) is 0 Å². The third kappa shape index (κ3) is 5.07. The van der Waals surface area contributed by atoms with Crippen molar-refractivity contribution in [3.8, 4) is 0 Å². The minimum atomic E-state index is -1.96. The summed E-state index contributed by atoms with van der Waals surface area (Å²) in [7, 11) is 0. The summed E-state index contributed by atoms with van der Waals surface area (Å²) in [5.41, 5.74) is 2.27. The van der Waals surface area contributed by atoms with E-state index in [4.69, 9.17) is 46.4 Å². The first-order chi connectivity index (χ1) is 8.45. The molecule has 0 saturated heterocycles. The lowest BCUT2D eigenvalue weighted by molar-refractivity contribution is -0.130. The molecule has 18 heavy (non-hydrogen) atoms. The molecule has 2 nitrogen and oxygen atoms in total. The molecule has 0 spiro atoms. The van der Waals surface area contributed by atoms with Gasteiger partial charge in [0.05, 0.1) is 0 Å². The van der Waals surface area contributed by atoms with Gasteiger partial charge >= 0.3 is 0 Å². The van der Waals surface area contributed by atoms with Gasteiger partial charge in [0.1, 0.15) is 0 Å². The number of hydrogen-bond donors (Lipinski definition) is 0. The van der Waals surface area contributed by atoms with Gasteiger partial charge in [-0.25, -0.2) is 0 Å². The fourth-order valence-electron chi connectivity index (χ4n) is 1.37. The summed E-state index contributed by atoms with van der Waals surface area (Å²) >= 11 is 22.3. The maximum atomic E-state index is 11.9. The molecule has 1 aromatic carbocycles. The van der Waals surface area contributed by atoms with Crippen molar-refractivity contribution in [3.05, 3.63) is 47.5 Å². The van der Waals surface area contributed by atoms with Crippen LogP contribution in [0.15, 0.2) is 41.9 Å². The van der Waals surface area contributed by atoms with Crippen molar-refractivity contribution < 1.29 is 4.79 Å². The minimum absolute atomic E-state index is 0.283. The van der Waals surface area contributed by atoms with Crippen LogP contribution in [0.2, 0.25) is 0 Å². The molecule has 0 aliphatic carbocycles. The Labute approximate surface area is 126 Å². The Hall–Kier alpha value is -0.410. The second-order valence-electron chi connectivity index (χ2n) is 3.53. The number of rotatable bonds is 4. The standard InChI is InChI=1S/C12H11Cl4NO/c13-7-4-8-17(11(18)12(14,15)16)9-10-5-2-1-3-6-10/h1-7H,8-9H2/b7-4+. The average molecular weight is 327 g/mol. The van der Waals surface area contributed by atoms with E-state index in [-0.39, 0.29) is 6.54 Å². The second-order valence-corrected chi connectivity index (χ2v) is 6.06. The largest absolute Gasteiger partial charge is 0.331 e. The number of carbonyl (C=O) groups excluding carboxylic acids is 1. The quantitative estimate of drug-likeness (QED) is 0.761. The van der Waals surface area contributed by atoms with Crippen LogP contribution in [-0.2, 0) is 11.3 Å². The SMILES string of the molecule is O=C(N(C/C=C/Cl)Cc1ccccc1)C(Cl)(Cl)Cl. The normalized spacial score (nSPS) is 11.8. The van der Waals surface area contributed by atoms with Crippen LogP contribution in [0.3, 0.4) is 0 Å². The highest BCUT2D eigenvalue weighted by Gasteiger charge is 2.34. The Morgan fingerprint density at radius 3 is 2.33 bits per heavy atom. The molecule has 0 heterocycles. The van der Waals surface area contributed by atoms with Crippen molar-refractivity contribution in [1.82, 2.24) is 4.90 Å². The van der Waals surface area contributed by atoms with Gasteiger partial charge in [0.25, 0.3) is 9.70 Å². The van der Waals surface area contributed by atoms with Crippen molar-refractivity contribution in [3.63, 3.8) is 0 Å². The third-order valence-electron chi connectivity index (χ3n) is 2.16. The summed E-state index contributed by atoms with van der Waals surface area (Å²) in [5, 5.41) is 0. The molecule has 0 radical (unpaired) electrons. The zero-order chi connectivity index (χ0) is 13.6. The molecule has 0 fully saturated rings. The highest BCUT2D eigenvalue weighted by atomic mass is 35.6. The zero-order valence-electron chi connectivity index (χ0n) is 9.32. The molecular weight excluding hydrogens is 316 g/mol. The van der Waals surface area contributed by atoms with Gasteiger partial charge in [-0.3, -0.25) is 4.79 Å². The van der Waals surface area contributed by atoms with E-state index in [9.17, 15) is 4.79 Å². The Morgan fingerprint density at radius 2 is 1.83 bits per heavy atom. The molecule has 1 aromatic rings. The molecule has 0 N–H and O–H groups in total. The molecule has 98 valence electrons. The van der Waals surface area contributed by atoms with E-state index >= 15 is 0 Å². The number of carbonyl (C=O) groups is 1. The maximum Gasteiger partial charge on any atom is 0.275 e. The number of benzene rings is 1. The van der Waals surface area contributed by atoms with Crippen molar-refractivity contribution >= 4 is 52.3 Å². The van der Waals surface area contributed by atoms with Gasteiger partial charge in [0, 0.05) is 18.6 Å². The van der Waals surface area contributed by atoms with Crippen LogP contribution >= 0.6 is 46.4 Å². The Morgan fingerprint density at radius 1 is 1.22 bits per heavy atom. The van der Waals surface area contributed by atoms with Crippen LogP contribution in [-0.4, -0.2) is 21.1 Å². The van der Waals surface area contributed by atoms with Crippen molar-refractivity contribution in [1.29, 1.82) is 0 Å². The molecule has 0 saturated carbocycles. The van der Waals surface area contributed by atoms with Crippen molar-refractivity contribution in [2.75, 3.05) is 6.54 Å². The van der Waals surface area contributed by atoms with E-state index < -0.39 is 9.70 Å². The van der Waals surface area contributed by atoms with E-state index in [1.807, 2.05) is 30.3 Å². The highest BCUT2D eigenvalue weighted by molar-refractivity contribution is 6.76. The Kier molecular flexibility index (Phi) is 6.30. The molecule has 0 aromatic heterocycles. The Balaban J connectivity index is 2.82. The molecule has 6 heteroatoms. The van der Waals surface area contributed by atoms with Crippen LogP contribution in [0.25, 0.3) is 0 Å². The number of alkyl halides is 3. The lowest BCUT2D eigenvalue weighted by Crippen LogP contribution is -2.39. The molecule has 1 rings (SSSR count). The summed E-state index contributed by atoms with van der Waals surface area (Å²) in [5.74, 6) is -0.578. The highest BCUT2D eigenvalue weighted by Crippen LogP contribution is 2.29. The third-order valence-corrected chi connectivity index (χ3v) is 2.82. The summed E-state index contributed by atoms with van der Waals surface area (Å²) < 4.78 is -1.96. The fourth-order valence-corrected chi connectivity index (χ4v) is 1.81. The van der Waals surface area contributed by atoms with E-state index in [0.717, 1.165) is 5.56 Å². The van der Waals surface area contributed by atoms with Gasteiger partial charge < -0.3 is 4.90 Å². The van der Waals surface area contributed by atoms with E-state index in [2.05, 4.69) is 0 Å². The zero-order valence-corrected chi connectivity index (χ0v) is 12.3. The second kappa shape index (κ2) is 7.25. The summed E-state index contributed by atoms with van der Waals surface area (Å²) in [4.78, 5) is 13.3. The molecule has 0 atom stereocenters. The predicted octanol–water partition coefficient (Wildman–Crippen LogP) is 4.14. The van der Waals surface area contributed by atoms with E-state index in [1.165, 1.54) is 10.4 Å². The van der Waals surface area contributed by atoms with Crippen LogP contribution in [0.1, 0.15) is 5.56 Å². The topological polar surface area (TPSA) is 20.3 Å². The van der Waals surface area contributed by atoms with E-state index in [1.54, 1.807) is 6.08 Å². The van der Waals surface area contributed by atoms with Crippen molar-refractivity contribution in [2.45, 2.75) is 10.3 Å². The summed E-state index contributed by atoms with van der Waals surface area (Å²) in [6, 6.07) is 9.44. The summed E-state index contributed by atoms with van der Waals surface area (Å²) in [6.45, 7) is 0.639. The number of nitrogens with zero attached hydrogens (tertiary/aromatic N) is 1. The monoisotopic (exact) mass is 325 g/mol. The number of hydrogen-bond acceptors (Lipinski definition) is 1. The van der Waals surface area contributed by atoms with Gasteiger partial charge in [0.2, 0.25) is 0 Å². The predicted molar refractivity (Wildman–Crippen MR) is 77.1 cm³/mol. The van der Waals surface area contributed by atoms with Crippen LogP contribution in [0.4, 0.5) is 0 Å². The summed E-state index contributed by atoms with van der Waals surface area (Å²) in [6.07, 6.45) is 1.61. The van der Waals surface area contributed by atoms with E-state index in [0.29, 0.717) is 6.54 Å². The first kappa shape index (κ1) is 15.6. The number of amides is 1. The van der Waals surface area contributed by atoms with Crippen LogP contribution in [0, 0.1) is 0 Å². The average Bonchev–Trinajstić information content (AvgIpc) is 2.33. The smallest absolute Gasteiger partial charge is 0.275 e. The lowest BCUT2D eigenvalue weighted by atomic mass is 10.2. The van der Waals surface area contributed by atoms with Gasteiger partial charge in [0.15, 0.2) is 0 Å². The fraction of sp³-hybridized carbons (Fsp3) is 0.250. The van der Waals surface area contributed by atoms with Gasteiger partial charge in [-0.05, 0) is 5.56 Å². The van der Waals surface area contributed by atoms with Gasteiger partial charge in [-0.2, -0.15) is 0 Å². The molecule has 1 amide bonds. The first-order valence-corrected chi connectivity index (χ1v) is 6.67. The van der Waals surface area contributed by atoms with Crippen LogP contribution < -0.4 is 0 Å². The minimum Gasteiger partial charge on any atom is -0.331 e.